The van der Waals surface area contributed by atoms with Crippen LogP contribution in [0.3, 0.4) is 0 Å². The van der Waals surface area contributed by atoms with Crippen molar-refractivity contribution in [2.45, 2.75) is 13.8 Å². The van der Waals surface area contributed by atoms with Crippen LogP contribution in [0.25, 0.3) is 10.9 Å². The predicted molar refractivity (Wildman–Crippen MR) is 72.3 cm³/mol. The second kappa shape index (κ2) is 4.08. The number of hydrogen-bond donors (Lipinski definition) is 1. The van der Waals surface area contributed by atoms with E-state index >= 15 is 0 Å². The van der Waals surface area contributed by atoms with E-state index in [1.807, 2.05) is 19.1 Å². The van der Waals surface area contributed by atoms with E-state index in [2.05, 4.69) is 27.6 Å². The molecule has 0 aliphatic heterocycles. The van der Waals surface area contributed by atoms with E-state index in [0.717, 1.165) is 25.8 Å². The molecule has 0 spiro atoms. The van der Waals surface area contributed by atoms with Gasteiger partial charge in [0, 0.05) is 15.9 Å². The monoisotopic (exact) mass is 329 g/mol. The highest BCUT2D eigenvalue weighted by Gasteiger charge is 2.16. The summed E-state index contributed by atoms with van der Waals surface area (Å²) in [6, 6.07) is 3.90. The summed E-state index contributed by atoms with van der Waals surface area (Å²) >= 11 is 2.27. The Morgan fingerprint density at radius 3 is 2.69 bits per heavy atom. The van der Waals surface area contributed by atoms with Crippen molar-refractivity contribution in [1.29, 1.82) is 0 Å². The van der Waals surface area contributed by atoms with Crippen LogP contribution in [0.15, 0.2) is 12.1 Å². The average molecular weight is 329 g/mol. The fourth-order valence-electron chi connectivity index (χ4n) is 1.91. The topological polar surface area (TPSA) is 42.1 Å². The maximum absolute atomic E-state index is 11.5. The Morgan fingerprint density at radius 1 is 1.44 bits per heavy atom. The first kappa shape index (κ1) is 11.4. The molecule has 0 saturated heterocycles. The van der Waals surface area contributed by atoms with E-state index in [9.17, 15) is 4.79 Å². The number of nitrogens with one attached hydrogen (secondary N) is 1. The zero-order chi connectivity index (χ0) is 11.9. The summed E-state index contributed by atoms with van der Waals surface area (Å²) in [4.78, 5) is 14.6. The summed E-state index contributed by atoms with van der Waals surface area (Å²) in [6.45, 7) is 3.52. The molecule has 0 atom stereocenters. The molecule has 0 amide bonds. The Morgan fingerprint density at radius 2 is 2.12 bits per heavy atom. The first-order chi connectivity index (χ1) is 7.56. The minimum absolute atomic E-state index is 0.0477. The highest BCUT2D eigenvalue weighted by molar-refractivity contribution is 14.1. The van der Waals surface area contributed by atoms with Gasteiger partial charge < -0.3 is 9.72 Å². The molecule has 16 heavy (non-hydrogen) atoms. The van der Waals surface area contributed by atoms with Gasteiger partial charge in [-0.3, -0.25) is 4.79 Å². The van der Waals surface area contributed by atoms with E-state index in [4.69, 9.17) is 4.74 Å². The summed E-state index contributed by atoms with van der Waals surface area (Å²) in [5, 5.41) is 1.07. The molecule has 3 nitrogen and oxygen atoms in total. The Balaban J connectivity index is 2.89. The van der Waals surface area contributed by atoms with Gasteiger partial charge in [0.2, 0.25) is 0 Å². The van der Waals surface area contributed by atoms with Gasteiger partial charge in [0.1, 0.15) is 5.75 Å². The minimum atomic E-state index is 0.0477. The first-order valence-corrected chi connectivity index (χ1v) is 5.99. The maximum Gasteiger partial charge on any atom is 0.176 e. The van der Waals surface area contributed by atoms with Crippen LogP contribution in [0.4, 0.5) is 0 Å². The number of halogens is 1. The van der Waals surface area contributed by atoms with E-state index in [-0.39, 0.29) is 5.78 Å². The SMILES string of the molecule is COc1ccc(I)c2c(C)c(C(C)=O)[nH]c12. The van der Waals surface area contributed by atoms with Crippen molar-refractivity contribution >= 4 is 39.3 Å². The second-order valence-corrected chi connectivity index (χ2v) is 4.84. The Hall–Kier alpha value is -1.04. The number of Topliss-reactive ketones (excluding diaryl/α,β-unsaturated/α-hetero) is 1. The molecule has 84 valence electrons. The van der Waals surface area contributed by atoms with Gasteiger partial charge in [-0.2, -0.15) is 0 Å². The number of aryl methyl sites for hydroxylation is 1. The Labute approximate surface area is 107 Å². The minimum Gasteiger partial charge on any atom is -0.495 e. The molecular formula is C12H12INO2. The Kier molecular flexibility index (Phi) is 2.92. The van der Waals surface area contributed by atoms with Crippen molar-refractivity contribution in [3.63, 3.8) is 0 Å². The van der Waals surface area contributed by atoms with Crippen LogP contribution in [-0.2, 0) is 0 Å². The number of ketones is 1. The van der Waals surface area contributed by atoms with Crippen LogP contribution in [0.5, 0.6) is 5.75 Å². The third-order valence-corrected chi connectivity index (χ3v) is 3.59. The molecule has 0 aliphatic carbocycles. The first-order valence-electron chi connectivity index (χ1n) is 4.92. The fourth-order valence-corrected chi connectivity index (χ4v) is 2.77. The van der Waals surface area contributed by atoms with Gasteiger partial charge in [-0.05, 0) is 47.2 Å². The van der Waals surface area contributed by atoms with Crippen LogP contribution in [-0.4, -0.2) is 17.9 Å². The lowest BCUT2D eigenvalue weighted by Crippen LogP contribution is -1.94. The number of aromatic amines is 1. The molecule has 0 unspecified atom stereocenters. The third kappa shape index (κ3) is 1.61. The van der Waals surface area contributed by atoms with E-state index in [1.54, 1.807) is 14.0 Å². The molecule has 1 aromatic carbocycles. The molecule has 0 fully saturated rings. The summed E-state index contributed by atoms with van der Waals surface area (Å²) in [7, 11) is 1.63. The molecule has 0 bridgehead atoms. The molecule has 1 heterocycles. The van der Waals surface area contributed by atoms with Crippen molar-refractivity contribution in [2.24, 2.45) is 0 Å². The van der Waals surface area contributed by atoms with Gasteiger partial charge >= 0.3 is 0 Å². The van der Waals surface area contributed by atoms with Crippen molar-refractivity contribution in [1.82, 2.24) is 4.98 Å². The summed E-state index contributed by atoms with van der Waals surface area (Å²) in [5.41, 5.74) is 2.56. The summed E-state index contributed by atoms with van der Waals surface area (Å²) in [6.07, 6.45) is 0. The lowest BCUT2D eigenvalue weighted by atomic mass is 10.1. The van der Waals surface area contributed by atoms with Gasteiger partial charge in [-0.25, -0.2) is 0 Å². The van der Waals surface area contributed by atoms with Gasteiger partial charge in [-0.15, -0.1) is 0 Å². The van der Waals surface area contributed by atoms with E-state index in [1.165, 1.54) is 0 Å². The van der Waals surface area contributed by atoms with E-state index < -0.39 is 0 Å². The molecule has 2 aromatic rings. The smallest absolute Gasteiger partial charge is 0.176 e. The van der Waals surface area contributed by atoms with Crippen molar-refractivity contribution in [3.8, 4) is 5.75 Å². The number of benzene rings is 1. The van der Waals surface area contributed by atoms with Crippen molar-refractivity contribution in [3.05, 3.63) is 27.0 Å². The average Bonchev–Trinajstić information content (AvgIpc) is 2.58. The normalized spacial score (nSPS) is 10.8. The number of carbonyl (C=O) groups excluding carboxylic acids is 1. The lowest BCUT2D eigenvalue weighted by Gasteiger charge is -2.02. The van der Waals surface area contributed by atoms with Gasteiger partial charge in [-0.1, -0.05) is 0 Å². The fraction of sp³-hybridized carbons (Fsp3) is 0.250. The maximum atomic E-state index is 11.5. The zero-order valence-electron chi connectivity index (χ0n) is 9.35. The molecular weight excluding hydrogens is 317 g/mol. The third-order valence-electron chi connectivity index (χ3n) is 2.69. The van der Waals surface area contributed by atoms with Crippen LogP contribution in [0.1, 0.15) is 23.0 Å². The van der Waals surface area contributed by atoms with Crippen molar-refractivity contribution in [2.75, 3.05) is 7.11 Å². The molecule has 0 radical (unpaired) electrons. The molecule has 4 heteroatoms. The number of fused-ring (bicyclic) bond motifs is 1. The van der Waals surface area contributed by atoms with Crippen LogP contribution in [0, 0.1) is 10.5 Å². The summed E-state index contributed by atoms with van der Waals surface area (Å²) < 4.78 is 6.40. The number of H-pyrrole nitrogens is 1. The summed E-state index contributed by atoms with van der Waals surface area (Å²) in [5.74, 6) is 0.817. The largest absolute Gasteiger partial charge is 0.495 e. The lowest BCUT2D eigenvalue weighted by molar-refractivity contribution is 0.101. The second-order valence-electron chi connectivity index (χ2n) is 3.68. The van der Waals surface area contributed by atoms with Crippen LogP contribution >= 0.6 is 22.6 Å². The van der Waals surface area contributed by atoms with Crippen LogP contribution in [0.2, 0.25) is 0 Å². The number of carbonyl (C=O) groups is 1. The highest BCUT2D eigenvalue weighted by atomic mass is 127. The van der Waals surface area contributed by atoms with Gasteiger partial charge in [0.05, 0.1) is 18.3 Å². The molecule has 1 aromatic heterocycles. The number of ether oxygens (including phenoxy) is 1. The van der Waals surface area contributed by atoms with Crippen LogP contribution < -0.4 is 4.74 Å². The predicted octanol–water partition coefficient (Wildman–Crippen LogP) is 3.29. The van der Waals surface area contributed by atoms with Crippen molar-refractivity contribution < 1.29 is 9.53 Å². The van der Waals surface area contributed by atoms with E-state index in [0.29, 0.717) is 5.69 Å². The molecule has 0 saturated carbocycles. The molecule has 0 aliphatic rings. The number of aromatic nitrogens is 1. The molecule has 2 rings (SSSR count). The number of methoxy groups -OCH3 is 1. The Bertz CT molecular complexity index is 572. The quantitative estimate of drug-likeness (QED) is 0.679. The highest BCUT2D eigenvalue weighted by Crippen LogP contribution is 2.33. The standard InChI is InChI=1S/C12H12INO2/c1-6-10-8(13)4-5-9(16-3)12(10)14-11(6)7(2)15/h4-5,14H,1-3H3. The zero-order valence-corrected chi connectivity index (χ0v) is 11.5. The van der Waals surface area contributed by atoms with Gasteiger partial charge in [0.15, 0.2) is 5.78 Å². The number of rotatable bonds is 2. The van der Waals surface area contributed by atoms with Gasteiger partial charge in [0.25, 0.3) is 0 Å². The number of hydrogen-bond acceptors (Lipinski definition) is 2. The molecule has 1 N–H and O–H groups in total.